The largest absolute Gasteiger partial charge is 0.225 e. The minimum absolute atomic E-state index is 0.822. The summed E-state index contributed by atoms with van der Waals surface area (Å²) >= 11 is 0. The molecule has 3 heteroatoms. The quantitative estimate of drug-likeness (QED) is 0.150. The fourth-order valence-corrected chi connectivity index (χ4v) is 6.95. The number of aryl methyl sites for hydroxylation is 6. The molecule has 3 nitrogen and oxygen atoms in total. The second-order valence-electron chi connectivity index (χ2n) is 12.7. The van der Waals surface area contributed by atoms with Crippen LogP contribution < -0.4 is 13.7 Å². The minimum Gasteiger partial charge on any atom is -0.192 e. The molecule has 48 heavy (non-hydrogen) atoms. The number of aromatic nitrogens is 3. The Balaban J connectivity index is 1.32. The van der Waals surface area contributed by atoms with E-state index >= 15 is 0 Å². The zero-order chi connectivity index (χ0) is 33.0. The van der Waals surface area contributed by atoms with Crippen LogP contribution in [-0.2, 0) is 13.1 Å². The van der Waals surface area contributed by atoms with Crippen LogP contribution in [-0.4, -0.2) is 0 Å². The van der Waals surface area contributed by atoms with Crippen molar-refractivity contribution in [1.29, 1.82) is 0 Å². The fourth-order valence-electron chi connectivity index (χ4n) is 6.95. The predicted molar refractivity (Wildman–Crippen MR) is 195 cm³/mol. The van der Waals surface area contributed by atoms with E-state index in [2.05, 4.69) is 200 Å². The fraction of sp³-hybridized carbons (Fsp3) is 0.133. The lowest BCUT2D eigenvalue weighted by Gasteiger charge is -2.13. The van der Waals surface area contributed by atoms with Crippen molar-refractivity contribution in [3.8, 4) is 50.6 Å². The molecule has 0 unspecified atom stereocenters. The first-order valence-electron chi connectivity index (χ1n) is 16.8. The molecule has 0 aliphatic carbocycles. The van der Waals surface area contributed by atoms with Gasteiger partial charge in [0.1, 0.15) is 5.56 Å². The van der Waals surface area contributed by atoms with E-state index in [0.29, 0.717) is 0 Å². The summed E-state index contributed by atoms with van der Waals surface area (Å²) in [7, 11) is 0. The lowest BCUT2D eigenvalue weighted by molar-refractivity contribution is -0.768. The maximum atomic E-state index is 2.43. The van der Waals surface area contributed by atoms with E-state index in [0.717, 1.165) is 13.1 Å². The second-order valence-corrected chi connectivity index (χ2v) is 12.7. The summed E-state index contributed by atoms with van der Waals surface area (Å²) in [6.45, 7) is 10.5. The van der Waals surface area contributed by atoms with Gasteiger partial charge in [-0.2, -0.15) is 13.7 Å². The van der Waals surface area contributed by atoms with Gasteiger partial charge in [-0.3, -0.25) is 0 Å². The van der Waals surface area contributed by atoms with E-state index in [-0.39, 0.29) is 0 Å². The molecule has 0 atom stereocenters. The molecule has 0 bridgehead atoms. The van der Waals surface area contributed by atoms with Crippen molar-refractivity contribution in [1.82, 2.24) is 0 Å². The van der Waals surface area contributed by atoms with E-state index in [1.165, 1.54) is 72.8 Å². The van der Waals surface area contributed by atoms with E-state index in [9.17, 15) is 0 Å². The molecule has 0 radical (unpaired) electrons. The molecule has 0 fully saturated rings. The van der Waals surface area contributed by atoms with Gasteiger partial charge >= 0.3 is 0 Å². The maximum Gasteiger partial charge on any atom is 0.225 e. The van der Waals surface area contributed by atoms with Gasteiger partial charge in [-0.15, -0.1) is 0 Å². The Labute approximate surface area is 284 Å². The van der Waals surface area contributed by atoms with Crippen molar-refractivity contribution in [3.05, 3.63) is 180 Å². The zero-order valence-electron chi connectivity index (χ0n) is 28.3. The van der Waals surface area contributed by atoms with Gasteiger partial charge in [-0.25, -0.2) is 0 Å². The Morgan fingerprint density at radius 2 is 0.958 bits per heavy atom. The first-order valence-corrected chi connectivity index (χ1v) is 16.8. The third-order valence-electron chi connectivity index (χ3n) is 9.43. The highest BCUT2D eigenvalue weighted by Gasteiger charge is 2.28. The van der Waals surface area contributed by atoms with Gasteiger partial charge in [0.15, 0.2) is 18.6 Å². The molecule has 0 aliphatic heterocycles. The molecule has 0 amide bonds. The molecule has 0 aliphatic rings. The maximum absolute atomic E-state index is 2.43. The molecule has 234 valence electrons. The highest BCUT2D eigenvalue weighted by atomic mass is 15.0. The van der Waals surface area contributed by atoms with Crippen LogP contribution in [0.25, 0.3) is 50.6 Å². The number of para-hydroxylation sites is 1. The molecule has 0 saturated heterocycles. The van der Waals surface area contributed by atoms with Gasteiger partial charge in [0.2, 0.25) is 35.9 Å². The van der Waals surface area contributed by atoms with Gasteiger partial charge in [0.05, 0.1) is 0 Å². The number of nitrogens with zero attached hydrogens (tertiary/aromatic N) is 3. The smallest absolute Gasteiger partial charge is 0.192 e. The predicted octanol–water partition coefficient (Wildman–Crippen LogP) is 9.14. The normalized spacial score (nSPS) is 11.1. The van der Waals surface area contributed by atoms with Gasteiger partial charge in [0, 0.05) is 52.6 Å². The van der Waals surface area contributed by atoms with E-state index in [1.807, 2.05) is 0 Å². The highest BCUT2D eigenvalue weighted by Crippen LogP contribution is 2.29. The molecular formula is C45H42N3+3. The first-order chi connectivity index (χ1) is 23.5. The molecule has 0 N–H and O–H groups in total. The van der Waals surface area contributed by atoms with Gasteiger partial charge in [-0.05, 0) is 80.3 Å². The third kappa shape index (κ3) is 6.08. The molecule has 7 aromatic rings. The van der Waals surface area contributed by atoms with E-state index in [4.69, 9.17) is 0 Å². The average molecular weight is 625 g/mol. The summed E-state index contributed by atoms with van der Waals surface area (Å²) in [4.78, 5) is 0. The summed E-state index contributed by atoms with van der Waals surface area (Å²) in [6.07, 6.45) is 6.69. The van der Waals surface area contributed by atoms with Crippen molar-refractivity contribution in [2.24, 2.45) is 0 Å². The molecular weight excluding hydrogens is 583 g/mol. The number of pyridine rings is 3. The van der Waals surface area contributed by atoms with Crippen LogP contribution in [0.4, 0.5) is 0 Å². The molecule has 4 aromatic carbocycles. The Morgan fingerprint density at radius 3 is 1.69 bits per heavy atom. The summed E-state index contributed by atoms with van der Waals surface area (Å²) in [5.74, 6) is 0. The molecule has 3 aromatic heterocycles. The number of benzene rings is 4. The summed E-state index contributed by atoms with van der Waals surface area (Å²) in [5.41, 5.74) is 16.1. The first kappa shape index (κ1) is 31.0. The summed E-state index contributed by atoms with van der Waals surface area (Å²) in [6, 6.07) is 50.2. The Morgan fingerprint density at radius 1 is 0.396 bits per heavy atom. The zero-order valence-corrected chi connectivity index (χ0v) is 28.3. The van der Waals surface area contributed by atoms with Crippen molar-refractivity contribution < 1.29 is 13.7 Å². The van der Waals surface area contributed by atoms with Crippen LogP contribution in [0.15, 0.2) is 158 Å². The van der Waals surface area contributed by atoms with Gasteiger partial charge in [0.25, 0.3) is 0 Å². The third-order valence-corrected chi connectivity index (χ3v) is 9.43. The topological polar surface area (TPSA) is 11.6 Å². The molecule has 7 rings (SSSR count). The number of hydrogen-bond donors (Lipinski definition) is 0. The lowest BCUT2D eigenvalue weighted by atomic mass is 9.99. The van der Waals surface area contributed by atoms with E-state index < -0.39 is 0 Å². The Kier molecular flexibility index (Phi) is 8.76. The lowest BCUT2D eigenvalue weighted by Crippen LogP contribution is -2.47. The number of rotatable bonds is 8. The standard InChI is InChI=1S/C45H42N3/c1-33-16-8-10-22-39(33)43-32-38(37-20-6-5-7-21-37)26-29-46(43)30-31-47-27-14-18-35(3)44(47)41-24-12-13-25-42(41)48-28-15-19-36(4)45(48)40-23-11-9-17-34(40)2/h5-29,32H,30-31H2,1-4H3/q+3. The van der Waals surface area contributed by atoms with Crippen LogP contribution in [0.2, 0.25) is 0 Å². The van der Waals surface area contributed by atoms with Gasteiger partial charge < -0.3 is 0 Å². The van der Waals surface area contributed by atoms with Crippen LogP contribution in [0.5, 0.6) is 0 Å². The Bertz CT molecular complexity index is 2230. The van der Waals surface area contributed by atoms with E-state index in [1.54, 1.807) is 0 Å². The molecule has 3 heterocycles. The molecule has 0 saturated carbocycles. The SMILES string of the molecule is Cc1ccccc1-c1cc(-c2ccccc2)cc[n+]1CC[n+]1cccc(C)c1-c1ccccc1-[n+]1cccc(C)c1-c1ccccc1C. The summed E-state index contributed by atoms with van der Waals surface area (Å²) in [5, 5.41) is 0. The van der Waals surface area contributed by atoms with Crippen LogP contribution in [0.3, 0.4) is 0 Å². The van der Waals surface area contributed by atoms with Gasteiger partial charge in [-0.1, -0.05) is 78.9 Å². The Hall–Kier alpha value is -5.67. The van der Waals surface area contributed by atoms with Crippen molar-refractivity contribution >= 4 is 0 Å². The minimum atomic E-state index is 0.822. The monoisotopic (exact) mass is 624 g/mol. The highest BCUT2D eigenvalue weighted by molar-refractivity contribution is 5.71. The van der Waals surface area contributed by atoms with Crippen molar-refractivity contribution in [2.45, 2.75) is 40.8 Å². The average Bonchev–Trinajstić information content (AvgIpc) is 3.12. The number of hydrogen-bond acceptors (Lipinski definition) is 0. The summed E-state index contributed by atoms with van der Waals surface area (Å²) < 4.78 is 7.21. The second kappa shape index (κ2) is 13.6. The van der Waals surface area contributed by atoms with Crippen LogP contribution in [0, 0.1) is 27.7 Å². The van der Waals surface area contributed by atoms with Crippen molar-refractivity contribution in [3.63, 3.8) is 0 Å². The van der Waals surface area contributed by atoms with Crippen LogP contribution in [0.1, 0.15) is 22.3 Å². The van der Waals surface area contributed by atoms with Crippen LogP contribution >= 0.6 is 0 Å². The molecule has 0 spiro atoms. The van der Waals surface area contributed by atoms with Crippen molar-refractivity contribution in [2.75, 3.05) is 0 Å².